The largest absolute Gasteiger partial charge is 0.372 e. The smallest absolute Gasteiger partial charge is 0.167 e. The SMILES string of the molecule is Cc1ccc(CC(=O)c2ccc3c(c2)COC3)c(Cl)c1. The van der Waals surface area contributed by atoms with Gasteiger partial charge in [0.15, 0.2) is 5.78 Å². The van der Waals surface area contributed by atoms with Gasteiger partial charge in [-0.05, 0) is 41.3 Å². The molecule has 0 bridgehead atoms. The van der Waals surface area contributed by atoms with Crippen molar-refractivity contribution < 1.29 is 9.53 Å². The molecule has 3 rings (SSSR count). The van der Waals surface area contributed by atoms with Crippen LogP contribution in [0, 0.1) is 6.92 Å². The van der Waals surface area contributed by atoms with E-state index in [0.29, 0.717) is 24.7 Å². The van der Waals surface area contributed by atoms with E-state index in [1.54, 1.807) is 0 Å². The van der Waals surface area contributed by atoms with Crippen molar-refractivity contribution in [2.24, 2.45) is 0 Å². The number of hydrogen-bond acceptors (Lipinski definition) is 2. The van der Waals surface area contributed by atoms with Gasteiger partial charge in [-0.25, -0.2) is 0 Å². The van der Waals surface area contributed by atoms with Crippen LogP contribution in [0.4, 0.5) is 0 Å². The summed E-state index contributed by atoms with van der Waals surface area (Å²) >= 11 is 6.18. The van der Waals surface area contributed by atoms with Gasteiger partial charge in [-0.15, -0.1) is 0 Å². The second kappa shape index (κ2) is 5.39. The van der Waals surface area contributed by atoms with E-state index in [0.717, 1.165) is 22.3 Å². The summed E-state index contributed by atoms with van der Waals surface area (Å²) in [4.78, 5) is 12.4. The number of halogens is 1. The Morgan fingerprint density at radius 1 is 1.15 bits per heavy atom. The topological polar surface area (TPSA) is 26.3 Å². The lowest BCUT2D eigenvalue weighted by atomic mass is 9.99. The Kier molecular flexibility index (Phi) is 3.60. The van der Waals surface area contributed by atoms with Gasteiger partial charge in [-0.2, -0.15) is 0 Å². The number of hydrogen-bond donors (Lipinski definition) is 0. The standard InChI is InChI=1S/C17H15ClO2/c1-11-2-3-12(16(18)6-11)8-17(19)13-4-5-14-9-20-10-15(14)7-13/h2-7H,8-10H2,1H3. The van der Waals surface area contributed by atoms with Gasteiger partial charge in [0.05, 0.1) is 13.2 Å². The molecular weight excluding hydrogens is 272 g/mol. The second-order valence-electron chi connectivity index (χ2n) is 5.17. The van der Waals surface area contributed by atoms with Gasteiger partial charge in [0, 0.05) is 17.0 Å². The highest BCUT2D eigenvalue weighted by Gasteiger charge is 2.15. The van der Waals surface area contributed by atoms with Crippen molar-refractivity contribution in [3.05, 3.63) is 69.2 Å². The molecule has 0 spiro atoms. The number of ether oxygens (including phenoxy) is 1. The third kappa shape index (κ3) is 2.62. The van der Waals surface area contributed by atoms with E-state index < -0.39 is 0 Å². The number of carbonyl (C=O) groups excluding carboxylic acids is 1. The highest BCUT2D eigenvalue weighted by Crippen LogP contribution is 2.23. The summed E-state index contributed by atoms with van der Waals surface area (Å²) in [5.41, 5.74) is 4.99. The summed E-state index contributed by atoms with van der Waals surface area (Å²) in [7, 11) is 0. The lowest BCUT2D eigenvalue weighted by Gasteiger charge is -2.06. The lowest BCUT2D eigenvalue weighted by molar-refractivity contribution is 0.0993. The summed E-state index contributed by atoms with van der Waals surface area (Å²) in [5.74, 6) is 0.0884. The Hall–Kier alpha value is -1.64. The third-order valence-electron chi connectivity index (χ3n) is 3.60. The van der Waals surface area contributed by atoms with Crippen LogP contribution in [0.1, 0.15) is 32.6 Å². The Morgan fingerprint density at radius 3 is 2.75 bits per heavy atom. The molecule has 0 unspecified atom stereocenters. The zero-order chi connectivity index (χ0) is 14.1. The van der Waals surface area contributed by atoms with Gasteiger partial charge in [0.25, 0.3) is 0 Å². The molecule has 0 radical (unpaired) electrons. The van der Waals surface area contributed by atoms with Gasteiger partial charge in [0.1, 0.15) is 0 Å². The maximum Gasteiger partial charge on any atom is 0.167 e. The predicted octanol–water partition coefficient (Wildman–Crippen LogP) is 4.10. The fourth-order valence-corrected chi connectivity index (χ4v) is 2.72. The first-order valence-corrected chi connectivity index (χ1v) is 6.99. The molecule has 0 atom stereocenters. The first-order chi connectivity index (χ1) is 9.63. The van der Waals surface area contributed by atoms with Crippen molar-refractivity contribution in [1.29, 1.82) is 0 Å². The maximum atomic E-state index is 12.4. The highest BCUT2D eigenvalue weighted by atomic mass is 35.5. The highest BCUT2D eigenvalue weighted by molar-refractivity contribution is 6.31. The number of aryl methyl sites for hydroxylation is 1. The van der Waals surface area contributed by atoms with Gasteiger partial charge < -0.3 is 4.74 Å². The Morgan fingerprint density at radius 2 is 1.95 bits per heavy atom. The van der Waals surface area contributed by atoms with Crippen LogP contribution in [-0.2, 0) is 24.4 Å². The molecule has 1 aliphatic rings. The van der Waals surface area contributed by atoms with Crippen LogP contribution in [-0.4, -0.2) is 5.78 Å². The van der Waals surface area contributed by atoms with Crippen LogP contribution in [0.15, 0.2) is 36.4 Å². The molecule has 1 heterocycles. The van der Waals surface area contributed by atoms with Crippen molar-refractivity contribution in [2.45, 2.75) is 26.6 Å². The van der Waals surface area contributed by atoms with Crippen molar-refractivity contribution in [1.82, 2.24) is 0 Å². The van der Waals surface area contributed by atoms with Crippen molar-refractivity contribution >= 4 is 17.4 Å². The Labute approximate surface area is 123 Å². The van der Waals surface area contributed by atoms with Crippen LogP contribution in [0.5, 0.6) is 0 Å². The van der Waals surface area contributed by atoms with Crippen LogP contribution in [0.2, 0.25) is 5.02 Å². The number of Topliss-reactive ketones (excluding diaryl/α,β-unsaturated/α-hetero) is 1. The molecule has 3 heteroatoms. The molecule has 2 aromatic carbocycles. The molecule has 0 N–H and O–H groups in total. The van der Waals surface area contributed by atoms with E-state index in [4.69, 9.17) is 16.3 Å². The monoisotopic (exact) mass is 286 g/mol. The zero-order valence-corrected chi connectivity index (χ0v) is 12.0. The molecule has 0 aliphatic carbocycles. The van der Waals surface area contributed by atoms with Crippen molar-refractivity contribution in [3.8, 4) is 0 Å². The van der Waals surface area contributed by atoms with Crippen LogP contribution < -0.4 is 0 Å². The van der Waals surface area contributed by atoms with Gasteiger partial charge in [-0.1, -0.05) is 35.9 Å². The molecular formula is C17H15ClO2. The average molecular weight is 287 g/mol. The predicted molar refractivity (Wildman–Crippen MR) is 79.2 cm³/mol. The quantitative estimate of drug-likeness (QED) is 0.794. The van der Waals surface area contributed by atoms with E-state index >= 15 is 0 Å². The van der Waals surface area contributed by atoms with E-state index in [2.05, 4.69) is 0 Å². The van der Waals surface area contributed by atoms with Crippen molar-refractivity contribution in [2.75, 3.05) is 0 Å². The summed E-state index contributed by atoms with van der Waals surface area (Å²) in [6.45, 7) is 3.23. The average Bonchev–Trinajstić information content (AvgIpc) is 2.89. The molecule has 102 valence electrons. The summed E-state index contributed by atoms with van der Waals surface area (Å²) in [5, 5.41) is 0.655. The third-order valence-corrected chi connectivity index (χ3v) is 3.95. The normalized spacial score (nSPS) is 13.3. The molecule has 0 saturated heterocycles. The molecule has 0 aromatic heterocycles. The number of ketones is 1. The summed E-state index contributed by atoms with van der Waals surface area (Å²) < 4.78 is 5.37. The molecule has 1 aliphatic heterocycles. The number of carbonyl (C=O) groups is 1. The van der Waals surface area contributed by atoms with Crippen LogP contribution >= 0.6 is 11.6 Å². The fraction of sp³-hybridized carbons (Fsp3) is 0.235. The van der Waals surface area contributed by atoms with Crippen LogP contribution in [0.25, 0.3) is 0 Å². The number of rotatable bonds is 3. The van der Waals surface area contributed by atoms with E-state index in [9.17, 15) is 4.79 Å². The van der Waals surface area contributed by atoms with Gasteiger partial charge in [-0.3, -0.25) is 4.79 Å². The molecule has 20 heavy (non-hydrogen) atoms. The molecule has 0 amide bonds. The molecule has 0 fully saturated rings. The second-order valence-corrected chi connectivity index (χ2v) is 5.58. The molecule has 0 saturated carbocycles. The van der Waals surface area contributed by atoms with E-state index in [1.807, 2.05) is 43.3 Å². The molecule has 2 aromatic rings. The van der Waals surface area contributed by atoms with Crippen molar-refractivity contribution in [3.63, 3.8) is 0 Å². The maximum absolute atomic E-state index is 12.4. The minimum atomic E-state index is 0.0884. The zero-order valence-electron chi connectivity index (χ0n) is 11.3. The van der Waals surface area contributed by atoms with E-state index in [1.165, 1.54) is 5.56 Å². The molecule has 2 nitrogen and oxygen atoms in total. The van der Waals surface area contributed by atoms with Gasteiger partial charge in [0.2, 0.25) is 0 Å². The minimum Gasteiger partial charge on any atom is -0.372 e. The minimum absolute atomic E-state index is 0.0884. The summed E-state index contributed by atoms with van der Waals surface area (Å²) in [6.07, 6.45) is 0.332. The summed E-state index contributed by atoms with van der Waals surface area (Å²) in [6, 6.07) is 11.6. The van der Waals surface area contributed by atoms with Gasteiger partial charge >= 0.3 is 0 Å². The fourth-order valence-electron chi connectivity index (χ4n) is 2.42. The first kappa shape index (κ1) is 13.3. The van der Waals surface area contributed by atoms with E-state index in [-0.39, 0.29) is 5.78 Å². The number of fused-ring (bicyclic) bond motifs is 1. The Balaban J connectivity index is 1.82. The number of benzene rings is 2. The first-order valence-electron chi connectivity index (χ1n) is 6.61. The lowest BCUT2D eigenvalue weighted by Crippen LogP contribution is -2.05. The Bertz CT molecular complexity index is 677. The van der Waals surface area contributed by atoms with Crippen LogP contribution in [0.3, 0.4) is 0 Å².